The zero-order chi connectivity index (χ0) is 16.2. The average Bonchev–Trinajstić information content (AvgIpc) is 2.59. The van der Waals surface area contributed by atoms with Crippen LogP contribution in [0.1, 0.15) is 16.0 Å². The summed E-state index contributed by atoms with van der Waals surface area (Å²) in [5, 5.41) is 10.2. The number of H-pyrrole nitrogens is 1. The molecule has 0 radical (unpaired) electrons. The molecule has 5 heteroatoms. The maximum Gasteiger partial charge on any atom is 0.248 e. The SMILES string of the molecule is O=c1ccc2c([C@@H](Br)CO)ccc(OCc3ccccc3)c2[nH]1. The van der Waals surface area contributed by atoms with Crippen LogP contribution in [0.2, 0.25) is 0 Å². The van der Waals surface area contributed by atoms with Crippen molar-refractivity contribution in [2.24, 2.45) is 0 Å². The van der Waals surface area contributed by atoms with E-state index in [1.807, 2.05) is 42.5 Å². The summed E-state index contributed by atoms with van der Waals surface area (Å²) in [4.78, 5) is 14.3. The molecule has 0 bridgehead atoms. The molecule has 0 saturated carbocycles. The number of benzene rings is 2. The van der Waals surface area contributed by atoms with Crippen molar-refractivity contribution in [2.75, 3.05) is 6.61 Å². The Labute approximate surface area is 141 Å². The summed E-state index contributed by atoms with van der Waals surface area (Å²) in [5.74, 6) is 0.614. The first-order valence-corrected chi connectivity index (χ1v) is 8.18. The highest BCUT2D eigenvalue weighted by molar-refractivity contribution is 9.09. The van der Waals surface area contributed by atoms with Crippen molar-refractivity contribution >= 4 is 26.8 Å². The molecule has 3 rings (SSSR count). The van der Waals surface area contributed by atoms with E-state index in [4.69, 9.17) is 4.74 Å². The summed E-state index contributed by atoms with van der Waals surface area (Å²) >= 11 is 3.44. The Balaban J connectivity index is 2.00. The predicted octanol–water partition coefficient (Wildman–Crippen LogP) is 3.54. The molecular weight excluding hydrogens is 358 g/mol. The normalized spacial score (nSPS) is 12.3. The van der Waals surface area contributed by atoms with Gasteiger partial charge < -0.3 is 14.8 Å². The molecule has 0 saturated heterocycles. The van der Waals surface area contributed by atoms with Crippen molar-refractivity contribution in [3.63, 3.8) is 0 Å². The number of aliphatic hydroxyl groups excluding tert-OH is 1. The second-order valence-corrected chi connectivity index (χ2v) is 6.29. The molecule has 0 spiro atoms. The lowest BCUT2D eigenvalue weighted by Crippen LogP contribution is -2.07. The number of aromatic nitrogens is 1. The van der Waals surface area contributed by atoms with Crippen LogP contribution in [-0.4, -0.2) is 16.7 Å². The lowest BCUT2D eigenvalue weighted by atomic mass is 10.1. The van der Waals surface area contributed by atoms with Gasteiger partial charge in [-0.15, -0.1) is 0 Å². The lowest BCUT2D eigenvalue weighted by molar-refractivity contribution is 0.298. The molecule has 23 heavy (non-hydrogen) atoms. The van der Waals surface area contributed by atoms with Crippen LogP contribution < -0.4 is 10.3 Å². The second-order valence-electron chi connectivity index (χ2n) is 5.19. The van der Waals surface area contributed by atoms with Crippen LogP contribution in [0.4, 0.5) is 0 Å². The number of ether oxygens (including phenoxy) is 1. The molecule has 2 aromatic carbocycles. The van der Waals surface area contributed by atoms with Gasteiger partial charge in [0.25, 0.3) is 0 Å². The van der Waals surface area contributed by atoms with E-state index in [9.17, 15) is 9.90 Å². The number of halogens is 1. The monoisotopic (exact) mass is 373 g/mol. The van der Waals surface area contributed by atoms with Gasteiger partial charge in [0.15, 0.2) is 0 Å². The minimum absolute atomic E-state index is 0.0293. The number of rotatable bonds is 5. The van der Waals surface area contributed by atoms with Crippen LogP contribution in [0.15, 0.2) is 59.4 Å². The lowest BCUT2D eigenvalue weighted by Gasteiger charge is -2.14. The van der Waals surface area contributed by atoms with E-state index < -0.39 is 0 Å². The van der Waals surface area contributed by atoms with Crippen LogP contribution in [-0.2, 0) is 6.61 Å². The predicted molar refractivity (Wildman–Crippen MR) is 94.1 cm³/mol. The van der Waals surface area contributed by atoms with E-state index in [0.29, 0.717) is 17.9 Å². The molecule has 1 aromatic heterocycles. The molecule has 3 aromatic rings. The minimum Gasteiger partial charge on any atom is -0.487 e. The fraction of sp³-hybridized carbons (Fsp3) is 0.167. The third-order valence-electron chi connectivity index (χ3n) is 3.63. The molecule has 0 amide bonds. The summed E-state index contributed by atoms with van der Waals surface area (Å²) in [6.07, 6.45) is 0. The third kappa shape index (κ3) is 3.46. The van der Waals surface area contributed by atoms with E-state index in [-0.39, 0.29) is 17.0 Å². The van der Waals surface area contributed by atoms with Gasteiger partial charge in [0.1, 0.15) is 12.4 Å². The first-order chi connectivity index (χ1) is 11.2. The van der Waals surface area contributed by atoms with Gasteiger partial charge in [-0.05, 0) is 23.3 Å². The molecule has 0 aliphatic heterocycles. The fourth-order valence-electron chi connectivity index (χ4n) is 2.48. The van der Waals surface area contributed by atoms with E-state index in [1.54, 1.807) is 6.07 Å². The molecule has 0 unspecified atom stereocenters. The van der Waals surface area contributed by atoms with E-state index in [2.05, 4.69) is 20.9 Å². The van der Waals surface area contributed by atoms with Crippen molar-refractivity contribution < 1.29 is 9.84 Å². The van der Waals surface area contributed by atoms with Gasteiger partial charge in [-0.25, -0.2) is 0 Å². The largest absolute Gasteiger partial charge is 0.487 e. The number of aromatic amines is 1. The quantitative estimate of drug-likeness (QED) is 0.672. The van der Waals surface area contributed by atoms with Crippen molar-refractivity contribution in [3.05, 3.63) is 76.1 Å². The minimum atomic E-state index is -0.195. The Morgan fingerprint density at radius 1 is 1.09 bits per heavy atom. The Morgan fingerprint density at radius 2 is 1.87 bits per heavy atom. The Morgan fingerprint density at radius 3 is 2.61 bits per heavy atom. The molecule has 4 nitrogen and oxygen atoms in total. The number of nitrogens with one attached hydrogen (secondary N) is 1. The van der Waals surface area contributed by atoms with Gasteiger partial charge in [0, 0.05) is 11.5 Å². The van der Waals surface area contributed by atoms with Crippen molar-refractivity contribution in [1.29, 1.82) is 0 Å². The van der Waals surface area contributed by atoms with Gasteiger partial charge in [-0.1, -0.05) is 52.3 Å². The molecule has 0 fully saturated rings. The number of hydrogen-bond donors (Lipinski definition) is 2. The van der Waals surface area contributed by atoms with E-state index in [1.165, 1.54) is 6.07 Å². The van der Waals surface area contributed by atoms with Gasteiger partial charge in [-0.3, -0.25) is 4.79 Å². The Kier molecular flexibility index (Phi) is 4.79. The fourth-order valence-corrected chi connectivity index (χ4v) is 2.87. The number of fused-ring (bicyclic) bond motifs is 1. The zero-order valence-electron chi connectivity index (χ0n) is 12.3. The summed E-state index contributed by atoms with van der Waals surface area (Å²) in [5.41, 5.74) is 2.42. The Hall–Kier alpha value is -2.11. The summed E-state index contributed by atoms with van der Waals surface area (Å²) in [7, 11) is 0. The summed E-state index contributed by atoms with van der Waals surface area (Å²) < 4.78 is 5.88. The van der Waals surface area contributed by atoms with E-state index in [0.717, 1.165) is 16.5 Å². The molecule has 0 aliphatic carbocycles. The number of pyridine rings is 1. The van der Waals surface area contributed by atoms with Crippen LogP contribution in [0.5, 0.6) is 5.75 Å². The number of alkyl halides is 1. The Bertz CT molecular complexity index is 861. The highest BCUT2D eigenvalue weighted by Gasteiger charge is 2.14. The van der Waals surface area contributed by atoms with Crippen LogP contribution in [0.25, 0.3) is 10.9 Å². The van der Waals surface area contributed by atoms with Gasteiger partial charge >= 0.3 is 0 Å². The first-order valence-electron chi connectivity index (χ1n) is 7.26. The molecular formula is C18H16BrNO3. The molecule has 118 valence electrons. The van der Waals surface area contributed by atoms with E-state index >= 15 is 0 Å². The highest BCUT2D eigenvalue weighted by atomic mass is 79.9. The van der Waals surface area contributed by atoms with Crippen molar-refractivity contribution in [1.82, 2.24) is 4.98 Å². The average molecular weight is 374 g/mol. The highest BCUT2D eigenvalue weighted by Crippen LogP contribution is 2.33. The van der Waals surface area contributed by atoms with Crippen molar-refractivity contribution in [3.8, 4) is 5.75 Å². The summed E-state index contributed by atoms with van der Waals surface area (Å²) in [6.45, 7) is 0.391. The molecule has 0 aliphatic rings. The van der Waals surface area contributed by atoms with Gasteiger partial charge in [-0.2, -0.15) is 0 Å². The maximum absolute atomic E-state index is 11.7. The van der Waals surface area contributed by atoms with Gasteiger partial charge in [0.05, 0.1) is 17.0 Å². The second kappa shape index (κ2) is 6.98. The number of hydrogen-bond acceptors (Lipinski definition) is 3. The molecule has 1 atom stereocenters. The van der Waals surface area contributed by atoms with Crippen LogP contribution in [0, 0.1) is 0 Å². The third-order valence-corrected chi connectivity index (χ3v) is 4.41. The van der Waals surface area contributed by atoms with Crippen LogP contribution >= 0.6 is 15.9 Å². The molecule has 2 N–H and O–H groups in total. The smallest absolute Gasteiger partial charge is 0.248 e. The zero-order valence-corrected chi connectivity index (χ0v) is 13.9. The molecule has 1 heterocycles. The topological polar surface area (TPSA) is 62.3 Å². The maximum atomic E-state index is 11.7. The first kappa shape index (κ1) is 15.8. The van der Waals surface area contributed by atoms with Gasteiger partial charge in [0.2, 0.25) is 5.56 Å². The van der Waals surface area contributed by atoms with Crippen molar-refractivity contribution in [2.45, 2.75) is 11.4 Å². The number of aliphatic hydroxyl groups is 1. The summed E-state index contributed by atoms with van der Waals surface area (Å²) in [6, 6.07) is 16.8. The standard InChI is InChI=1S/C18H16BrNO3/c19-15(10-21)13-6-8-16(18-14(13)7-9-17(22)20-18)23-11-12-4-2-1-3-5-12/h1-9,15,21H,10-11H2,(H,20,22)/t15-/m0/s1. The van der Waals surface area contributed by atoms with Crippen LogP contribution in [0.3, 0.4) is 0 Å².